The quantitative estimate of drug-likeness (QED) is 0.858. The smallest absolute Gasteiger partial charge is 0.412 e. The summed E-state index contributed by atoms with van der Waals surface area (Å²) in [4.78, 5) is 11.7. The van der Waals surface area contributed by atoms with Crippen LogP contribution in [0.5, 0.6) is 5.75 Å². The van der Waals surface area contributed by atoms with E-state index in [9.17, 15) is 4.79 Å². The summed E-state index contributed by atoms with van der Waals surface area (Å²) in [6, 6.07) is 2.00. The van der Waals surface area contributed by atoms with Crippen molar-refractivity contribution in [3.8, 4) is 5.75 Å². The molecule has 0 saturated heterocycles. The Hall–Kier alpha value is -1.45. The normalized spacial score (nSPS) is 16.8. The Morgan fingerprint density at radius 3 is 2.65 bits per heavy atom. The maximum Gasteiger partial charge on any atom is 0.412 e. The number of carbonyl (C=O) groups is 1. The molecule has 1 heterocycles. The van der Waals surface area contributed by atoms with Gasteiger partial charge in [-0.1, -0.05) is 19.3 Å². The van der Waals surface area contributed by atoms with Crippen LogP contribution < -0.4 is 10.1 Å². The molecule has 1 amide bonds. The molecule has 0 radical (unpaired) electrons. The molecule has 0 spiro atoms. The number of hydrogen-bond donors (Lipinski definition) is 1. The molecular formula is C13H19NO3. The number of hydrogen-bond acceptors (Lipinski definition) is 3. The Morgan fingerprint density at radius 2 is 2.06 bits per heavy atom. The molecule has 0 aromatic carbocycles. The van der Waals surface area contributed by atoms with Gasteiger partial charge < -0.3 is 14.5 Å². The first-order valence-electron chi connectivity index (χ1n) is 6.20. The number of furan rings is 1. The molecule has 0 unspecified atom stereocenters. The highest BCUT2D eigenvalue weighted by molar-refractivity contribution is 5.71. The third-order valence-corrected chi connectivity index (χ3v) is 3.13. The molecule has 17 heavy (non-hydrogen) atoms. The van der Waals surface area contributed by atoms with Crippen LogP contribution in [0.3, 0.4) is 0 Å². The Kier molecular flexibility index (Phi) is 3.71. The fourth-order valence-corrected chi connectivity index (χ4v) is 2.25. The molecule has 0 bridgehead atoms. The first-order valence-corrected chi connectivity index (χ1v) is 6.20. The van der Waals surface area contributed by atoms with Gasteiger partial charge in [0.1, 0.15) is 11.5 Å². The molecule has 1 fully saturated rings. The third-order valence-electron chi connectivity index (χ3n) is 3.13. The Labute approximate surface area is 101 Å². The zero-order valence-electron chi connectivity index (χ0n) is 10.4. The molecule has 1 aliphatic carbocycles. The minimum absolute atomic E-state index is 0.268. The van der Waals surface area contributed by atoms with E-state index in [1.165, 1.54) is 19.3 Å². The van der Waals surface area contributed by atoms with Gasteiger partial charge >= 0.3 is 6.09 Å². The minimum Gasteiger partial charge on any atom is -0.463 e. The highest BCUT2D eigenvalue weighted by atomic mass is 16.6. The first-order chi connectivity index (χ1) is 8.15. The molecule has 0 aliphatic heterocycles. The molecule has 94 valence electrons. The predicted octanol–water partition coefficient (Wildman–Crippen LogP) is 3.32. The van der Waals surface area contributed by atoms with Crippen molar-refractivity contribution in [2.75, 3.05) is 0 Å². The third kappa shape index (κ3) is 3.25. The van der Waals surface area contributed by atoms with Crippen LogP contribution >= 0.6 is 0 Å². The lowest BCUT2D eigenvalue weighted by Gasteiger charge is -2.22. The van der Waals surface area contributed by atoms with Gasteiger partial charge in [-0.05, 0) is 26.7 Å². The zero-order valence-corrected chi connectivity index (χ0v) is 10.4. The molecule has 0 atom stereocenters. The SMILES string of the molecule is Cc1cc(OC(=O)NC2CCCCC2)c(C)o1. The summed E-state index contributed by atoms with van der Waals surface area (Å²) in [5.74, 6) is 1.90. The Bertz CT molecular complexity index is 391. The van der Waals surface area contributed by atoms with Gasteiger partial charge in [0.15, 0.2) is 5.75 Å². The van der Waals surface area contributed by atoms with E-state index >= 15 is 0 Å². The van der Waals surface area contributed by atoms with E-state index < -0.39 is 0 Å². The average molecular weight is 237 g/mol. The highest BCUT2D eigenvalue weighted by Gasteiger charge is 2.18. The number of aryl methyl sites for hydroxylation is 2. The van der Waals surface area contributed by atoms with Gasteiger partial charge in [0.25, 0.3) is 0 Å². The van der Waals surface area contributed by atoms with Crippen molar-refractivity contribution in [1.29, 1.82) is 0 Å². The Morgan fingerprint density at radius 1 is 1.35 bits per heavy atom. The largest absolute Gasteiger partial charge is 0.463 e. The van der Waals surface area contributed by atoms with E-state index in [4.69, 9.17) is 9.15 Å². The zero-order chi connectivity index (χ0) is 12.3. The number of amides is 1. The summed E-state index contributed by atoms with van der Waals surface area (Å²) in [5.41, 5.74) is 0. The lowest BCUT2D eigenvalue weighted by Crippen LogP contribution is -2.38. The molecule has 1 aromatic heterocycles. The summed E-state index contributed by atoms with van der Waals surface area (Å²) in [5, 5.41) is 2.90. The topological polar surface area (TPSA) is 51.5 Å². The van der Waals surface area contributed by atoms with Crippen LogP contribution in [0.4, 0.5) is 4.79 Å². The van der Waals surface area contributed by atoms with E-state index in [2.05, 4.69) is 5.32 Å². The van der Waals surface area contributed by atoms with Crippen LogP contribution in [0.2, 0.25) is 0 Å². The molecule has 1 aliphatic rings. The maximum absolute atomic E-state index is 11.7. The van der Waals surface area contributed by atoms with Crippen molar-refractivity contribution in [3.63, 3.8) is 0 Å². The second-order valence-corrected chi connectivity index (χ2v) is 4.65. The van der Waals surface area contributed by atoms with Crippen molar-refractivity contribution in [3.05, 3.63) is 17.6 Å². The highest BCUT2D eigenvalue weighted by Crippen LogP contribution is 2.22. The molecule has 1 aromatic rings. The molecule has 4 nitrogen and oxygen atoms in total. The van der Waals surface area contributed by atoms with Crippen molar-refractivity contribution in [2.45, 2.75) is 52.0 Å². The minimum atomic E-state index is -0.374. The van der Waals surface area contributed by atoms with E-state index in [1.54, 1.807) is 13.0 Å². The predicted molar refractivity (Wildman–Crippen MR) is 64.2 cm³/mol. The summed E-state index contributed by atoms with van der Waals surface area (Å²) in [6.07, 6.45) is 5.38. The van der Waals surface area contributed by atoms with Crippen molar-refractivity contribution >= 4 is 6.09 Å². The number of nitrogens with one attached hydrogen (secondary N) is 1. The lowest BCUT2D eigenvalue weighted by atomic mass is 9.96. The lowest BCUT2D eigenvalue weighted by molar-refractivity contribution is 0.191. The van der Waals surface area contributed by atoms with Crippen LogP contribution in [-0.2, 0) is 0 Å². The fraction of sp³-hybridized carbons (Fsp3) is 0.615. The van der Waals surface area contributed by atoms with Crippen LogP contribution in [0.1, 0.15) is 43.6 Å². The van der Waals surface area contributed by atoms with Crippen LogP contribution in [0, 0.1) is 13.8 Å². The van der Waals surface area contributed by atoms with E-state index in [0.717, 1.165) is 18.6 Å². The average Bonchev–Trinajstić information content (AvgIpc) is 2.58. The van der Waals surface area contributed by atoms with Gasteiger partial charge in [0.05, 0.1) is 0 Å². The fourth-order valence-electron chi connectivity index (χ4n) is 2.25. The summed E-state index contributed by atoms with van der Waals surface area (Å²) in [6.45, 7) is 3.62. The van der Waals surface area contributed by atoms with Crippen LogP contribution in [0.25, 0.3) is 0 Å². The van der Waals surface area contributed by atoms with E-state index in [-0.39, 0.29) is 12.1 Å². The van der Waals surface area contributed by atoms with E-state index in [1.807, 2.05) is 6.92 Å². The van der Waals surface area contributed by atoms with Crippen molar-refractivity contribution in [2.24, 2.45) is 0 Å². The van der Waals surface area contributed by atoms with Gasteiger partial charge in [-0.25, -0.2) is 4.79 Å². The monoisotopic (exact) mass is 237 g/mol. The molecule has 4 heteroatoms. The summed E-state index contributed by atoms with van der Waals surface area (Å²) >= 11 is 0. The first kappa shape index (κ1) is 12.0. The van der Waals surface area contributed by atoms with Gasteiger partial charge in [0.2, 0.25) is 0 Å². The summed E-state index contributed by atoms with van der Waals surface area (Å²) in [7, 11) is 0. The van der Waals surface area contributed by atoms with Gasteiger partial charge in [-0.2, -0.15) is 0 Å². The van der Waals surface area contributed by atoms with Gasteiger partial charge in [0, 0.05) is 12.1 Å². The Balaban J connectivity index is 1.86. The standard InChI is InChI=1S/C13H19NO3/c1-9-8-12(10(2)16-9)17-13(15)14-11-6-4-3-5-7-11/h8,11H,3-7H2,1-2H3,(H,14,15). The van der Waals surface area contributed by atoms with E-state index in [0.29, 0.717) is 11.5 Å². The molecule has 2 rings (SSSR count). The van der Waals surface area contributed by atoms with Crippen LogP contribution in [0.15, 0.2) is 10.5 Å². The maximum atomic E-state index is 11.7. The molecular weight excluding hydrogens is 218 g/mol. The number of rotatable bonds is 2. The van der Waals surface area contributed by atoms with Gasteiger partial charge in [-0.15, -0.1) is 0 Å². The molecule has 1 saturated carbocycles. The van der Waals surface area contributed by atoms with Crippen molar-refractivity contribution in [1.82, 2.24) is 5.32 Å². The number of ether oxygens (including phenoxy) is 1. The second-order valence-electron chi connectivity index (χ2n) is 4.65. The van der Waals surface area contributed by atoms with Crippen LogP contribution in [-0.4, -0.2) is 12.1 Å². The summed E-state index contributed by atoms with van der Waals surface area (Å²) < 4.78 is 10.5. The molecule has 1 N–H and O–H groups in total. The second kappa shape index (κ2) is 5.25. The number of carbonyl (C=O) groups excluding carboxylic acids is 1. The van der Waals surface area contributed by atoms with Crippen molar-refractivity contribution < 1.29 is 13.9 Å². The van der Waals surface area contributed by atoms with Gasteiger partial charge in [-0.3, -0.25) is 0 Å².